The summed E-state index contributed by atoms with van der Waals surface area (Å²) >= 11 is 30.8. The molecule has 7 nitrogen and oxygen atoms in total. The van der Waals surface area contributed by atoms with E-state index < -0.39 is 23.7 Å². The van der Waals surface area contributed by atoms with Crippen LogP contribution in [0, 0.1) is 19.8 Å². The Morgan fingerprint density at radius 3 is 2.05 bits per heavy atom. The highest BCUT2D eigenvalue weighted by molar-refractivity contribution is 6.56. The molecule has 0 N–H and O–H groups in total. The number of ether oxygens (including phenoxy) is 1. The van der Waals surface area contributed by atoms with Gasteiger partial charge in [-0.1, -0.05) is 64.1 Å². The van der Waals surface area contributed by atoms with Crippen molar-refractivity contribution in [2.24, 2.45) is 5.92 Å². The molecule has 0 unspecified atom stereocenters. The van der Waals surface area contributed by atoms with Crippen molar-refractivity contribution in [2.45, 2.75) is 20.3 Å². The van der Waals surface area contributed by atoms with Crippen molar-refractivity contribution >= 4 is 93.1 Å². The standard InChI is InChI=1S/C27H17Cl5N2O5/c1-11-8-14(39-27(38)13-9-18(35)33(10-13)17-5-3-4-15(28)12(17)2)6-7-16(11)34-25(36)19-20(26(34)37)22(30)24(32)23(31)21(19)29/h3-8,13H,9-10H2,1-2H3/t13-/m1/s1. The second-order valence-corrected chi connectivity index (χ2v) is 11.0. The number of aryl methyl sites for hydroxylation is 1. The molecule has 12 heteroatoms. The molecule has 3 aromatic carbocycles. The van der Waals surface area contributed by atoms with Gasteiger partial charge in [-0.15, -0.1) is 0 Å². The first-order chi connectivity index (χ1) is 18.4. The maximum absolute atomic E-state index is 13.2. The first-order valence-electron chi connectivity index (χ1n) is 11.5. The van der Waals surface area contributed by atoms with Crippen LogP contribution < -0.4 is 14.5 Å². The number of carbonyl (C=O) groups excluding carboxylic acids is 4. The number of rotatable bonds is 4. The van der Waals surface area contributed by atoms with Crippen LogP contribution in [-0.2, 0) is 9.59 Å². The molecule has 0 aliphatic carbocycles. The molecule has 2 aliphatic heterocycles. The van der Waals surface area contributed by atoms with E-state index >= 15 is 0 Å². The van der Waals surface area contributed by atoms with Crippen molar-refractivity contribution in [1.29, 1.82) is 0 Å². The summed E-state index contributed by atoms with van der Waals surface area (Å²) in [6.45, 7) is 3.60. The fraction of sp³-hybridized carbons (Fsp3) is 0.185. The third kappa shape index (κ3) is 4.56. The lowest BCUT2D eigenvalue weighted by Gasteiger charge is -2.20. The van der Waals surface area contributed by atoms with Gasteiger partial charge in [-0.05, 0) is 55.3 Å². The number of fused-ring (bicyclic) bond motifs is 1. The Hall–Kier alpha value is -2.81. The number of amides is 3. The zero-order valence-electron chi connectivity index (χ0n) is 20.3. The smallest absolute Gasteiger partial charge is 0.316 e. The highest BCUT2D eigenvalue weighted by Crippen LogP contribution is 2.46. The van der Waals surface area contributed by atoms with E-state index in [0.717, 1.165) is 10.5 Å². The molecule has 0 aromatic heterocycles. The summed E-state index contributed by atoms with van der Waals surface area (Å²) < 4.78 is 5.56. The minimum Gasteiger partial charge on any atom is -0.426 e. The van der Waals surface area contributed by atoms with E-state index in [9.17, 15) is 19.2 Å². The monoisotopic (exact) mass is 624 g/mol. The van der Waals surface area contributed by atoms with Crippen LogP contribution in [0.3, 0.4) is 0 Å². The number of carbonyl (C=O) groups is 4. The van der Waals surface area contributed by atoms with Gasteiger partial charge >= 0.3 is 5.97 Å². The second-order valence-electron chi connectivity index (χ2n) is 9.11. The number of hydrogen-bond donors (Lipinski definition) is 0. The van der Waals surface area contributed by atoms with E-state index in [1.165, 1.54) is 23.1 Å². The topological polar surface area (TPSA) is 84.0 Å². The minimum atomic E-state index is -0.714. The Morgan fingerprint density at radius 2 is 1.46 bits per heavy atom. The average molecular weight is 627 g/mol. The van der Waals surface area contributed by atoms with E-state index in [1.807, 2.05) is 0 Å². The molecule has 3 amide bonds. The number of imide groups is 1. The zero-order chi connectivity index (χ0) is 28.3. The Balaban J connectivity index is 1.35. The zero-order valence-corrected chi connectivity index (χ0v) is 24.1. The second kappa shape index (κ2) is 10.3. The van der Waals surface area contributed by atoms with Gasteiger partial charge in [-0.3, -0.25) is 19.2 Å². The lowest BCUT2D eigenvalue weighted by Crippen LogP contribution is -2.30. The molecule has 5 rings (SSSR count). The fourth-order valence-electron chi connectivity index (χ4n) is 4.70. The van der Waals surface area contributed by atoms with Crippen molar-refractivity contribution in [2.75, 3.05) is 16.3 Å². The van der Waals surface area contributed by atoms with Crippen LogP contribution in [0.25, 0.3) is 0 Å². The van der Waals surface area contributed by atoms with Crippen LogP contribution in [0.2, 0.25) is 25.1 Å². The largest absolute Gasteiger partial charge is 0.426 e. The normalized spacial score (nSPS) is 16.8. The summed E-state index contributed by atoms with van der Waals surface area (Å²) in [6, 6.07) is 9.67. The Bertz CT molecular complexity index is 1580. The number of hydrogen-bond acceptors (Lipinski definition) is 5. The van der Waals surface area contributed by atoms with Gasteiger partial charge in [0, 0.05) is 23.7 Å². The quantitative estimate of drug-likeness (QED) is 0.0996. The predicted octanol–water partition coefficient (Wildman–Crippen LogP) is 7.33. The molecule has 1 fully saturated rings. The van der Waals surface area contributed by atoms with Crippen LogP contribution in [0.4, 0.5) is 11.4 Å². The highest BCUT2D eigenvalue weighted by Gasteiger charge is 2.43. The first-order valence-corrected chi connectivity index (χ1v) is 13.4. The van der Waals surface area contributed by atoms with E-state index in [-0.39, 0.29) is 61.5 Å². The van der Waals surface area contributed by atoms with Crippen LogP contribution in [0.1, 0.15) is 38.3 Å². The van der Waals surface area contributed by atoms with E-state index in [1.54, 1.807) is 32.0 Å². The van der Waals surface area contributed by atoms with Gasteiger partial charge < -0.3 is 9.64 Å². The van der Waals surface area contributed by atoms with Crippen molar-refractivity contribution < 1.29 is 23.9 Å². The number of anilines is 2. The molecule has 2 aliphatic rings. The van der Waals surface area contributed by atoms with Crippen molar-refractivity contribution in [3.63, 3.8) is 0 Å². The van der Waals surface area contributed by atoms with E-state index in [2.05, 4.69) is 0 Å². The van der Waals surface area contributed by atoms with Gasteiger partial charge in [-0.2, -0.15) is 0 Å². The lowest BCUT2D eigenvalue weighted by atomic mass is 10.1. The van der Waals surface area contributed by atoms with E-state index in [0.29, 0.717) is 16.3 Å². The van der Waals surface area contributed by atoms with Crippen LogP contribution in [0.5, 0.6) is 5.75 Å². The highest BCUT2D eigenvalue weighted by atomic mass is 35.5. The summed E-state index contributed by atoms with van der Waals surface area (Å²) in [5.41, 5.74) is 1.81. The Labute approximate surface area is 248 Å². The molecule has 3 aromatic rings. The summed E-state index contributed by atoms with van der Waals surface area (Å²) in [4.78, 5) is 54.4. The van der Waals surface area contributed by atoms with Gasteiger partial charge in [0.05, 0.1) is 42.8 Å². The van der Waals surface area contributed by atoms with E-state index in [4.69, 9.17) is 62.7 Å². The number of esters is 1. The number of halogens is 5. The van der Waals surface area contributed by atoms with Gasteiger partial charge in [0.25, 0.3) is 11.8 Å². The number of benzene rings is 3. The molecule has 0 saturated carbocycles. The van der Waals surface area contributed by atoms with Crippen LogP contribution >= 0.6 is 58.0 Å². The lowest BCUT2D eigenvalue weighted by molar-refractivity contribution is -0.139. The number of nitrogens with zero attached hydrogens (tertiary/aromatic N) is 2. The minimum absolute atomic E-state index is 0.0104. The van der Waals surface area contributed by atoms with Gasteiger partial charge in [0.15, 0.2) is 0 Å². The molecule has 2 heterocycles. The maximum atomic E-state index is 13.2. The van der Waals surface area contributed by atoms with Crippen LogP contribution in [-0.4, -0.2) is 30.2 Å². The van der Waals surface area contributed by atoms with Crippen LogP contribution in [0.15, 0.2) is 36.4 Å². The predicted molar refractivity (Wildman–Crippen MR) is 151 cm³/mol. The third-order valence-electron chi connectivity index (χ3n) is 6.72. The summed E-state index contributed by atoms with van der Waals surface area (Å²) in [5.74, 6) is -2.72. The molecule has 0 bridgehead atoms. The fourth-order valence-corrected chi connectivity index (χ4v) is 5.88. The maximum Gasteiger partial charge on any atom is 0.316 e. The SMILES string of the molecule is Cc1cc(OC(=O)[C@@H]2CC(=O)N(c3cccc(Cl)c3C)C2)ccc1N1C(=O)c2c(Cl)c(Cl)c(Cl)c(Cl)c2C1=O. The van der Waals surface area contributed by atoms with Crippen molar-refractivity contribution in [3.8, 4) is 5.75 Å². The molecule has 0 spiro atoms. The van der Waals surface area contributed by atoms with Crippen molar-refractivity contribution in [3.05, 3.63) is 83.8 Å². The van der Waals surface area contributed by atoms with Crippen molar-refractivity contribution in [1.82, 2.24) is 0 Å². The Kier molecular flexibility index (Phi) is 7.33. The summed E-state index contributed by atoms with van der Waals surface area (Å²) in [7, 11) is 0. The molecular weight excluding hydrogens is 610 g/mol. The Morgan fingerprint density at radius 1 is 0.846 bits per heavy atom. The third-order valence-corrected chi connectivity index (χ3v) is 8.93. The van der Waals surface area contributed by atoms with Gasteiger partial charge in [0.2, 0.25) is 5.91 Å². The molecule has 0 radical (unpaired) electrons. The van der Waals surface area contributed by atoms with Gasteiger partial charge in [0.1, 0.15) is 5.75 Å². The molecule has 1 saturated heterocycles. The first kappa shape index (κ1) is 27.7. The average Bonchev–Trinajstić information content (AvgIpc) is 3.40. The van der Waals surface area contributed by atoms with Gasteiger partial charge in [-0.25, -0.2) is 4.90 Å². The molecule has 1 atom stereocenters. The summed E-state index contributed by atoms with van der Waals surface area (Å²) in [5, 5.41) is -0.0655. The molecule has 200 valence electrons. The molecule has 39 heavy (non-hydrogen) atoms. The molecular formula is C27H17Cl5N2O5. The summed E-state index contributed by atoms with van der Waals surface area (Å²) in [6.07, 6.45) is -0.0104.